The van der Waals surface area contributed by atoms with Crippen molar-refractivity contribution >= 4 is 15.9 Å². The van der Waals surface area contributed by atoms with Crippen LogP contribution in [0, 0.1) is 6.92 Å². The Bertz CT molecular complexity index is 504. The number of aryl methyl sites for hydroxylation is 2. The fourth-order valence-corrected chi connectivity index (χ4v) is 2.37. The third-order valence-electron chi connectivity index (χ3n) is 2.63. The first-order valence-electron chi connectivity index (χ1n) is 5.66. The van der Waals surface area contributed by atoms with Gasteiger partial charge in [0.2, 0.25) is 0 Å². The van der Waals surface area contributed by atoms with E-state index in [1.165, 1.54) is 0 Å². The van der Waals surface area contributed by atoms with Crippen LogP contribution >= 0.6 is 15.9 Å². The van der Waals surface area contributed by atoms with Gasteiger partial charge in [0, 0.05) is 6.54 Å². The molecule has 2 rings (SSSR count). The van der Waals surface area contributed by atoms with Crippen molar-refractivity contribution in [2.75, 3.05) is 0 Å². The Morgan fingerprint density at radius 3 is 2.88 bits per heavy atom. The molecular weight excluding hydrogens is 282 g/mol. The number of rotatable bonds is 4. The summed E-state index contributed by atoms with van der Waals surface area (Å²) in [7, 11) is 0. The maximum atomic E-state index is 6.22. The van der Waals surface area contributed by atoms with Gasteiger partial charge in [0.25, 0.3) is 0 Å². The molecule has 0 saturated carbocycles. The first-order valence-corrected chi connectivity index (χ1v) is 6.46. The smallest absolute Gasteiger partial charge is 0.127 e. The van der Waals surface area contributed by atoms with Crippen LogP contribution in [-0.2, 0) is 6.54 Å². The molecule has 17 heavy (non-hydrogen) atoms. The highest BCUT2D eigenvalue weighted by Gasteiger charge is 2.20. The van der Waals surface area contributed by atoms with E-state index in [1.54, 1.807) is 6.20 Å². The predicted molar refractivity (Wildman–Crippen MR) is 69.7 cm³/mol. The molecule has 2 heterocycles. The minimum absolute atomic E-state index is 0.285. The average molecular weight is 298 g/mol. The van der Waals surface area contributed by atoms with E-state index < -0.39 is 0 Å². The Balaban J connectivity index is 2.35. The van der Waals surface area contributed by atoms with E-state index in [0.717, 1.165) is 34.7 Å². The highest BCUT2D eigenvalue weighted by atomic mass is 79.9. The van der Waals surface area contributed by atoms with Crippen molar-refractivity contribution in [3.05, 3.63) is 40.0 Å². The van der Waals surface area contributed by atoms with E-state index in [9.17, 15) is 0 Å². The van der Waals surface area contributed by atoms with Gasteiger partial charge in [0.05, 0.1) is 16.4 Å². The molecule has 1 atom stereocenters. The fourth-order valence-electron chi connectivity index (χ4n) is 1.83. The number of nitrogens with zero attached hydrogens (tertiary/aromatic N) is 2. The highest BCUT2D eigenvalue weighted by Crippen LogP contribution is 2.27. The number of hydrogen-bond acceptors (Lipinski definition) is 3. The van der Waals surface area contributed by atoms with Crippen LogP contribution < -0.4 is 5.73 Å². The monoisotopic (exact) mass is 297 g/mol. The number of furan rings is 1. The lowest BCUT2D eigenvalue weighted by atomic mass is 10.1. The Labute approximate surface area is 109 Å². The van der Waals surface area contributed by atoms with Gasteiger partial charge >= 0.3 is 0 Å². The summed E-state index contributed by atoms with van der Waals surface area (Å²) in [6.07, 6.45) is 2.80. The van der Waals surface area contributed by atoms with Gasteiger partial charge in [-0.3, -0.25) is 4.68 Å². The second-order valence-corrected chi connectivity index (χ2v) is 4.88. The minimum Gasteiger partial charge on any atom is -0.464 e. The Morgan fingerprint density at radius 2 is 2.29 bits per heavy atom. The molecule has 0 amide bonds. The third kappa shape index (κ3) is 2.45. The number of hydrogen-bond donors (Lipinski definition) is 1. The van der Waals surface area contributed by atoms with Crippen LogP contribution in [0.1, 0.15) is 36.6 Å². The molecule has 0 fully saturated rings. The summed E-state index contributed by atoms with van der Waals surface area (Å²) in [6.45, 7) is 4.88. The van der Waals surface area contributed by atoms with E-state index in [1.807, 2.05) is 23.7 Å². The summed E-state index contributed by atoms with van der Waals surface area (Å²) in [5.41, 5.74) is 7.18. The molecule has 0 aromatic carbocycles. The molecular formula is C12H16BrN3O. The van der Waals surface area contributed by atoms with Crippen molar-refractivity contribution in [1.82, 2.24) is 9.78 Å². The molecule has 1 unspecified atom stereocenters. The molecule has 2 aromatic rings. The topological polar surface area (TPSA) is 57.0 Å². The maximum Gasteiger partial charge on any atom is 0.127 e. The lowest BCUT2D eigenvalue weighted by Crippen LogP contribution is -2.17. The van der Waals surface area contributed by atoms with Crippen LogP contribution in [0.4, 0.5) is 0 Å². The summed E-state index contributed by atoms with van der Waals surface area (Å²) < 4.78 is 8.42. The molecule has 4 nitrogen and oxygen atoms in total. The van der Waals surface area contributed by atoms with Gasteiger partial charge in [0.1, 0.15) is 17.6 Å². The second-order valence-electron chi connectivity index (χ2n) is 4.03. The van der Waals surface area contributed by atoms with Gasteiger partial charge in [-0.05, 0) is 41.4 Å². The van der Waals surface area contributed by atoms with E-state index in [0.29, 0.717) is 0 Å². The van der Waals surface area contributed by atoms with Gasteiger partial charge in [0.15, 0.2) is 0 Å². The van der Waals surface area contributed by atoms with E-state index in [2.05, 4.69) is 28.0 Å². The van der Waals surface area contributed by atoms with E-state index in [-0.39, 0.29) is 6.04 Å². The third-order valence-corrected chi connectivity index (χ3v) is 3.24. The molecule has 5 heteroatoms. The summed E-state index contributed by atoms with van der Waals surface area (Å²) in [5.74, 6) is 1.63. The van der Waals surface area contributed by atoms with E-state index in [4.69, 9.17) is 10.2 Å². The zero-order valence-corrected chi connectivity index (χ0v) is 11.6. The lowest BCUT2D eigenvalue weighted by molar-refractivity contribution is 0.450. The maximum absolute atomic E-state index is 6.22. The Hall–Kier alpha value is -1.07. The van der Waals surface area contributed by atoms with Crippen LogP contribution in [-0.4, -0.2) is 9.78 Å². The lowest BCUT2D eigenvalue weighted by Gasteiger charge is -2.12. The summed E-state index contributed by atoms with van der Waals surface area (Å²) in [6, 6.07) is 3.55. The van der Waals surface area contributed by atoms with Crippen LogP contribution in [0.15, 0.2) is 27.2 Å². The normalized spacial score (nSPS) is 12.9. The zero-order valence-electron chi connectivity index (χ0n) is 9.98. The van der Waals surface area contributed by atoms with Crippen molar-refractivity contribution in [3.63, 3.8) is 0 Å². The van der Waals surface area contributed by atoms with Crippen LogP contribution in [0.2, 0.25) is 0 Å². The molecule has 0 aliphatic carbocycles. The zero-order chi connectivity index (χ0) is 12.4. The van der Waals surface area contributed by atoms with Gasteiger partial charge in [-0.25, -0.2) is 0 Å². The van der Waals surface area contributed by atoms with Crippen LogP contribution in [0.5, 0.6) is 0 Å². The average Bonchev–Trinajstić information content (AvgIpc) is 2.86. The molecule has 0 bridgehead atoms. The standard InChI is InChI=1S/C12H16BrN3O/c1-3-6-16-12(9(13)7-15-16)11(14)10-5-4-8(2)17-10/h4-5,7,11H,3,6,14H2,1-2H3. The SMILES string of the molecule is CCCn1ncc(Br)c1C(N)c1ccc(C)o1. The molecule has 2 aromatic heterocycles. The molecule has 0 spiro atoms. The second kappa shape index (κ2) is 5.06. The minimum atomic E-state index is -0.285. The number of halogens is 1. The quantitative estimate of drug-likeness (QED) is 0.944. The summed E-state index contributed by atoms with van der Waals surface area (Å²) in [4.78, 5) is 0. The first kappa shape index (κ1) is 12.4. The largest absolute Gasteiger partial charge is 0.464 e. The molecule has 0 saturated heterocycles. The van der Waals surface area contributed by atoms with Crippen LogP contribution in [0.25, 0.3) is 0 Å². The van der Waals surface area contributed by atoms with Crippen LogP contribution in [0.3, 0.4) is 0 Å². The molecule has 2 N–H and O–H groups in total. The van der Waals surface area contributed by atoms with Gasteiger partial charge in [-0.2, -0.15) is 5.10 Å². The fraction of sp³-hybridized carbons (Fsp3) is 0.417. The van der Waals surface area contributed by atoms with Crippen molar-refractivity contribution in [2.24, 2.45) is 5.73 Å². The highest BCUT2D eigenvalue weighted by molar-refractivity contribution is 9.10. The number of nitrogens with two attached hydrogens (primary N) is 1. The van der Waals surface area contributed by atoms with Crippen molar-refractivity contribution < 1.29 is 4.42 Å². The van der Waals surface area contributed by atoms with Gasteiger partial charge in [-0.15, -0.1) is 0 Å². The van der Waals surface area contributed by atoms with Crippen molar-refractivity contribution in [3.8, 4) is 0 Å². The molecule has 92 valence electrons. The van der Waals surface area contributed by atoms with Gasteiger partial charge < -0.3 is 10.2 Å². The number of aromatic nitrogens is 2. The first-order chi connectivity index (χ1) is 8.13. The summed E-state index contributed by atoms with van der Waals surface area (Å²) >= 11 is 3.49. The predicted octanol–water partition coefficient (Wildman–Crippen LogP) is 3.01. The van der Waals surface area contributed by atoms with Crippen molar-refractivity contribution in [2.45, 2.75) is 32.9 Å². The van der Waals surface area contributed by atoms with Crippen molar-refractivity contribution in [1.29, 1.82) is 0 Å². The Morgan fingerprint density at radius 1 is 1.53 bits per heavy atom. The molecule has 0 aliphatic heterocycles. The van der Waals surface area contributed by atoms with E-state index >= 15 is 0 Å². The Kier molecular flexibility index (Phi) is 3.69. The molecule has 0 radical (unpaired) electrons. The summed E-state index contributed by atoms with van der Waals surface area (Å²) in [5, 5.41) is 4.31. The molecule has 0 aliphatic rings. The van der Waals surface area contributed by atoms with Gasteiger partial charge in [-0.1, -0.05) is 6.92 Å².